The van der Waals surface area contributed by atoms with Crippen LogP contribution in [0.15, 0.2) is 47.4 Å². The number of hydrogen-bond acceptors (Lipinski definition) is 5. The second-order valence-electron chi connectivity index (χ2n) is 7.48. The highest BCUT2D eigenvalue weighted by Crippen LogP contribution is 2.24. The molecule has 1 amide bonds. The number of nitrogens with zero attached hydrogens (tertiary/aromatic N) is 2. The molecule has 1 saturated heterocycles. The van der Waals surface area contributed by atoms with Crippen molar-refractivity contribution in [3.8, 4) is 0 Å². The van der Waals surface area contributed by atoms with Crippen LogP contribution >= 0.6 is 0 Å². The zero-order chi connectivity index (χ0) is 21.2. The fraction of sp³-hybridized carbons (Fsp3) is 0.381. The van der Waals surface area contributed by atoms with E-state index in [4.69, 9.17) is 5.14 Å². The van der Waals surface area contributed by atoms with Gasteiger partial charge in [-0.3, -0.25) is 9.69 Å². The highest BCUT2D eigenvalue weighted by molar-refractivity contribution is 7.89. The Labute approximate surface area is 172 Å². The summed E-state index contributed by atoms with van der Waals surface area (Å²) in [7, 11) is -3.74. The number of piperazine rings is 1. The molecule has 0 unspecified atom stereocenters. The minimum absolute atomic E-state index is 0.0195. The lowest BCUT2D eigenvalue weighted by molar-refractivity contribution is -0.120. The third-order valence-electron chi connectivity index (χ3n) is 5.61. The number of nitrogens with one attached hydrogen (secondary N) is 1. The highest BCUT2D eigenvalue weighted by atomic mass is 32.2. The van der Waals surface area contributed by atoms with E-state index in [0.29, 0.717) is 5.69 Å². The van der Waals surface area contributed by atoms with Crippen LogP contribution in [0.2, 0.25) is 0 Å². The molecule has 1 atom stereocenters. The van der Waals surface area contributed by atoms with Gasteiger partial charge in [-0.2, -0.15) is 0 Å². The Morgan fingerprint density at radius 2 is 1.66 bits per heavy atom. The van der Waals surface area contributed by atoms with Crippen molar-refractivity contribution in [1.29, 1.82) is 0 Å². The van der Waals surface area contributed by atoms with Crippen molar-refractivity contribution in [2.75, 3.05) is 36.4 Å². The number of hydrogen-bond donors (Lipinski definition) is 2. The van der Waals surface area contributed by atoms with Crippen molar-refractivity contribution in [1.82, 2.24) is 4.90 Å². The first kappa shape index (κ1) is 21.3. The lowest BCUT2D eigenvalue weighted by atomic mass is 10.1. The van der Waals surface area contributed by atoms with Crippen molar-refractivity contribution < 1.29 is 13.2 Å². The largest absolute Gasteiger partial charge is 0.369 e. The van der Waals surface area contributed by atoms with Gasteiger partial charge in [0.05, 0.1) is 10.9 Å². The van der Waals surface area contributed by atoms with Crippen molar-refractivity contribution in [3.63, 3.8) is 0 Å². The second kappa shape index (κ2) is 8.52. The lowest BCUT2D eigenvalue weighted by Gasteiger charge is -2.39. The number of nitrogens with two attached hydrogens (primary N) is 1. The summed E-state index contributed by atoms with van der Waals surface area (Å²) in [4.78, 5) is 17.2. The van der Waals surface area contributed by atoms with E-state index in [0.717, 1.165) is 26.2 Å². The molecule has 2 aromatic carbocycles. The van der Waals surface area contributed by atoms with Gasteiger partial charge in [-0.15, -0.1) is 0 Å². The van der Waals surface area contributed by atoms with Crippen LogP contribution in [0.25, 0.3) is 0 Å². The van der Waals surface area contributed by atoms with Crippen LogP contribution in [-0.2, 0) is 14.8 Å². The molecule has 0 spiro atoms. The Kier molecular flexibility index (Phi) is 6.26. The molecule has 1 fully saturated rings. The average Bonchev–Trinajstić information content (AvgIpc) is 2.69. The predicted molar refractivity (Wildman–Crippen MR) is 116 cm³/mol. The molecule has 156 valence electrons. The number of sulfonamides is 1. The molecule has 8 heteroatoms. The molecule has 0 aromatic heterocycles. The SMILES string of the molecule is Cc1cccc(N2CCN([C@H](C)C(=O)Nc3ccc(S(N)(=O)=O)cc3)CC2)c1C. The van der Waals surface area contributed by atoms with Gasteiger partial charge in [-0.1, -0.05) is 12.1 Å². The first-order chi connectivity index (χ1) is 13.7. The third kappa shape index (κ3) is 4.95. The summed E-state index contributed by atoms with van der Waals surface area (Å²) in [6.07, 6.45) is 0. The van der Waals surface area contributed by atoms with Crippen LogP contribution < -0.4 is 15.4 Å². The van der Waals surface area contributed by atoms with Gasteiger partial charge >= 0.3 is 0 Å². The molecule has 1 aliphatic heterocycles. The summed E-state index contributed by atoms with van der Waals surface area (Å²) in [5.41, 5.74) is 4.39. The molecule has 3 N–H and O–H groups in total. The van der Waals surface area contributed by atoms with Crippen molar-refractivity contribution in [2.45, 2.75) is 31.7 Å². The van der Waals surface area contributed by atoms with Gasteiger partial charge in [-0.25, -0.2) is 13.6 Å². The maximum Gasteiger partial charge on any atom is 0.241 e. The average molecular weight is 417 g/mol. The minimum atomic E-state index is -3.74. The topological polar surface area (TPSA) is 95.7 Å². The van der Waals surface area contributed by atoms with Crippen LogP contribution in [0.4, 0.5) is 11.4 Å². The molecule has 3 rings (SSSR count). The highest BCUT2D eigenvalue weighted by Gasteiger charge is 2.26. The lowest BCUT2D eigenvalue weighted by Crippen LogP contribution is -2.53. The van der Waals surface area contributed by atoms with Gasteiger partial charge in [0.25, 0.3) is 0 Å². The molecular weight excluding hydrogens is 388 g/mol. The van der Waals surface area contributed by atoms with Gasteiger partial charge in [0, 0.05) is 37.6 Å². The Hall–Kier alpha value is -2.42. The Morgan fingerprint density at radius 3 is 2.24 bits per heavy atom. The van der Waals surface area contributed by atoms with E-state index in [1.54, 1.807) is 12.1 Å². The van der Waals surface area contributed by atoms with Gasteiger partial charge in [0.1, 0.15) is 0 Å². The number of aryl methyl sites for hydroxylation is 1. The number of rotatable bonds is 5. The van der Waals surface area contributed by atoms with Crippen LogP contribution in [0.3, 0.4) is 0 Å². The van der Waals surface area contributed by atoms with Crippen LogP contribution in [0.5, 0.6) is 0 Å². The summed E-state index contributed by atoms with van der Waals surface area (Å²) in [5, 5.41) is 7.95. The Bertz CT molecular complexity index is 981. The number of carbonyl (C=O) groups is 1. The molecule has 2 aromatic rings. The molecule has 0 bridgehead atoms. The second-order valence-corrected chi connectivity index (χ2v) is 9.04. The van der Waals surface area contributed by atoms with Gasteiger partial charge in [-0.05, 0) is 62.2 Å². The van der Waals surface area contributed by atoms with Crippen LogP contribution in [0.1, 0.15) is 18.1 Å². The number of anilines is 2. The third-order valence-corrected chi connectivity index (χ3v) is 6.54. The van der Waals surface area contributed by atoms with E-state index in [1.165, 1.54) is 28.9 Å². The van der Waals surface area contributed by atoms with Gasteiger partial charge < -0.3 is 10.2 Å². The van der Waals surface area contributed by atoms with Crippen molar-refractivity contribution >= 4 is 27.3 Å². The molecule has 0 saturated carbocycles. The summed E-state index contributed by atoms with van der Waals surface area (Å²) in [6.45, 7) is 9.49. The summed E-state index contributed by atoms with van der Waals surface area (Å²) in [6, 6.07) is 11.9. The smallest absolute Gasteiger partial charge is 0.241 e. The normalized spacial score (nSPS) is 16.5. The molecule has 7 nitrogen and oxygen atoms in total. The molecule has 0 radical (unpaired) electrons. The van der Waals surface area contributed by atoms with Crippen molar-refractivity contribution in [3.05, 3.63) is 53.6 Å². The number of carbonyl (C=O) groups excluding carboxylic acids is 1. The minimum Gasteiger partial charge on any atom is -0.369 e. The molecule has 0 aliphatic carbocycles. The monoisotopic (exact) mass is 416 g/mol. The van der Waals surface area contributed by atoms with E-state index in [2.05, 4.69) is 47.2 Å². The summed E-state index contributed by atoms with van der Waals surface area (Å²) < 4.78 is 22.7. The van der Waals surface area contributed by atoms with Crippen LogP contribution in [0, 0.1) is 13.8 Å². The summed E-state index contributed by atoms with van der Waals surface area (Å²) in [5.74, 6) is -0.117. The fourth-order valence-corrected chi connectivity index (χ4v) is 4.08. The van der Waals surface area contributed by atoms with Crippen molar-refractivity contribution in [2.24, 2.45) is 5.14 Å². The first-order valence-electron chi connectivity index (χ1n) is 9.66. The maximum absolute atomic E-state index is 12.6. The first-order valence-corrected chi connectivity index (χ1v) is 11.2. The summed E-state index contributed by atoms with van der Waals surface area (Å²) >= 11 is 0. The van der Waals surface area contributed by atoms with E-state index in [-0.39, 0.29) is 16.8 Å². The Balaban J connectivity index is 1.58. The zero-order valence-corrected chi connectivity index (χ0v) is 17.9. The maximum atomic E-state index is 12.6. The van der Waals surface area contributed by atoms with Crippen LogP contribution in [-0.4, -0.2) is 51.4 Å². The Morgan fingerprint density at radius 1 is 1.03 bits per heavy atom. The quantitative estimate of drug-likeness (QED) is 0.778. The van der Waals surface area contributed by atoms with Gasteiger partial charge in [0.15, 0.2) is 0 Å². The fourth-order valence-electron chi connectivity index (χ4n) is 3.57. The molecule has 1 aliphatic rings. The van der Waals surface area contributed by atoms with E-state index in [9.17, 15) is 13.2 Å². The van der Waals surface area contributed by atoms with E-state index < -0.39 is 10.0 Å². The standard InChI is InChI=1S/C21H28N4O3S/c1-15-5-4-6-20(16(15)2)25-13-11-24(12-14-25)17(3)21(26)23-18-7-9-19(10-8-18)29(22,27)28/h4-10,17H,11-14H2,1-3H3,(H,23,26)(H2,22,27,28)/t17-/m1/s1. The zero-order valence-electron chi connectivity index (χ0n) is 17.1. The predicted octanol–water partition coefficient (Wildman–Crippen LogP) is 2.10. The number of primary sulfonamides is 1. The molecular formula is C21H28N4O3S. The number of amides is 1. The van der Waals surface area contributed by atoms with E-state index >= 15 is 0 Å². The number of benzene rings is 2. The van der Waals surface area contributed by atoms with E-state index in [1.807, 2.05) is 6.92 Å². The molecule has 29 heavy (non-hydrogen) atoms. The van der Waals surface area contributed by atoms with Gasteiger partial charge in [0.2, 0.25) is 15.9 Å². The molecule has 1 heterocycles.